The van der Waals surface area contributed by atoms with Crippen LogP contribution in [0.2, 0.25) is 5.15 Å². The van der Waals surface area contributed by atoms with Crippen LogP contribution in [0.5, 0.6) is 0 Å². The standard InChI is InChI=1S/C10H15ClN2/c1-3-4-5-8-6-9(11)13-10(12)7(8)2/h6H,3-5H2,1-2H3,(H2,12,13). The number of aryl methyl sites for hydroxylation is 1. The molecule has 0 bridgehead atoms. The molecule has 0 radical (unpaired) electrons. The second-order valence-electron chi connectivity index (χ2n) is 3.22. The molecule has 1 rings (SSSR count). The van der Waals surface area contributed by atoms with Crippen molar-refractivity contribution in [1.29, 1.82) is 0 Å². The van der Waals surface area contributed by atoms with E-state index in [4.69, 9.17) is 17.3 Å². The predicted molar refractivity (Wildman–Crippen MR) is 57.0 cm³/mol. The molecular formula is C10H15ClN2. The number of aromatic nitrogens is 1. The van der Waals surface area contributed by atoms with E-state index in [1.165, 1.54) is 18.4 Å². The van der Waals surface area contributed by atoms with Gasteiger partial charge in [0.2, 0.25) is 0 Å². The van der Waals surface area contributed by atoms with Gasteiger partial charge in [0.15, 0.2) is 0 Å². The number of rotatable bonds is 3. The summed E-state index contributed by atoms with van der Waals surface area (Å²) in [5, 5.41) is 0.495. The van der Waals surface area contributed by atoms with E-state index in [0.717, 1.165) is 12.0 Å². The highest BCUT2D eigenvalue weighted by atomic mass is 35.5. The van der Waals surface area contributed by atoms with Crippen molar-refractivity contribution < 1.29 is 0 Å². The lowest BCUT2D eigenvalue weighted by molar-refractivity contribution is 0.790. The molecule has 13 heavy (non-hydrogen) atoms. The van der Waals surface area contributed by atoms with E-state index in [0.29, 0.717) is 11.0 Å². The molecule has 3 heteroatoms. The maximum atomic E-state index is 5.81. The SMILES string of the molecule is CCCCc1cc(Cl)nc(N)c1C. The van der Waals surface area contributed by atoms with Gasteiger partial charge in [-0.15, -0.1) is 0 Å². The number of pyridine rings is 1. The molecule has 0 aliphatic rings. The molecule has 1 heterocycles. The molecule has 0 spiro atoms. The summed E-state index contributed by atoms with van der Waals surface area (Å²) in [5.41, 5.74) is 7.99. The molecule has 2 nitrogen and oxygen atoms in total. The Bertz CT molecular complexity index is 297. The van der Waals surface area contributed by atoms with Crippen LogP contribution in [0.3, 0.4) is 0 Å². The van der Waals surface area contributed by atoms with Crippen molar-refractivity contribution in [2.24, 2.45) is 0 Å². The zero-order valence-corrected chi connectivity index (χ0v) is 8.86. The fraction of sp³-hybridized carbons (Fsp3) is 0.500. The van der Waals surface area contributed by atoms with E-state index >= 15 is 0 Å². The Hall–Kier alpha value is -0.760. The van der Waals surface area contributed by atoms with Crippen LogP contribution in [-0.2, 0) is 6.42 Å². The predicted octanol–water partition coefficient (Wildman–Crippen LogP) is 2.97. The second kappa shape index (κ2) is 4.47. The summed E-state index contributed by atoms with van der Waals surface area (Å²) < 4.78 is 0. The number of hydrogen-bond donors (Lipinski definition) is 1. The van der Waals surface area contributed by atoms with Gasteiger partial charge in [0.05, 0.1) is 0 Å². The summed E-state index contributed by atoms with van der Waals surface area (Å²) in [6.45, 7) is 4.16. The van der Waals surface area contributed by atoms with Gasteiger partial charge in [-0.05, 0) is 37.0 Å². The van der Waals surface area contributed by atoms with E-state index < -0.39 is 0 Å². The maximum absolute atomic E-state index is 5.81. The third kappa shape index (κ3) is 2.59. The smallest absolute Gasteiger partial charge is 0.131 e. The number of nitrogen functional groups attached to an aromatic ring is 1. The molecule has 2 N–H and O–H groups in total. The molecule has 0 saturated heterocycles. The molecule has 0 aliphatic carbocycles. The molecule has 1 aromatic rings. The van der Waals surface area contributed by atoms with Gasteiger partial charge in [0.25, 0.3) is 0 Å². The van der Waals surface area contributed by atoms with Gasteiger partial charge < -0.3 is 5.73 Å². The van der Waals surface area contributed by atoms with Gasteiger partial charge in [0, 0.05) is 0 Å². The Morgan fingerprint density at radius 3 is 2.85 bits per heavy atom. The topological polar surface area (TPSA) is 38.9 Å². The van der Waals surface area contributed by atoms with Gasteiger partial charge in [-0.1, -0.05) is 24.9 Å². The zero-order chi connectivity index (χ0) is 9.84. The molecule has 0 unspecified atom stereocenters. The van der Waals surface area contributed by atoms with Crippen LogP contribution in [0.15, 0.2) is 6.07 Å². The average molecular weight is 199 g/mol. The van der Waals surface area contributed by atoms with Crippen molar-refractivity contribution in [2.45, 2.75) is 33.1 Å². The average Bonchev–Trinajstić information content (AvgIpc) is 2.09. The third-order valence-electron chi connectivity index (χ3n) is 2.19. The van der Waals surface area contributed by atoms with Crippen LogP contribution >= 0.6 is 11.6 Å². The molecule has 0 saturated carbocycles. The largest absolute Gasteiger partial charge is 0.383 e. The van der Waals surface area contributed by atoms with Crippen molar-refractivity contribution in [3.63, 3.8) is 0 Å². The van der Waals surface area contributed by atoms with Crippen molar-refractivity contribution in [1.82, 2.24) is 4.98 Å². The van der Waals surface area contributed by atoms with Gasteiger partial charge in [-0.3, -0.25) is 0 Å². The van der Waals surface area contributed by atoms with Crippen molar-refractivity contribution >= 4 is 17.4 Å². The van der Waals surface area contributed by atoms with E-state index in [-0.39, 0.29) is 0 Å². The minimum atomic E-state index is 0.495. The molecule has 0 fully saturated rings. The number of nitrogens with zero attached hydrogens (tertiary/aromatic N) is 1. The van der Waals surface area contributed by atoms with Crippen molar-refractivity contribution in [2.75, 3.05) is 5.73 Å². The Morgan fingerprint density at radius 1 is 1.54 bits per heavy atom. The molecule has 0 atom stereocenters. The summed E-state index contributed by atoms with van der Waals surface area (Å²) in [6.07, 6.45) is 3.38. The first kappa shape index (κ1) is 10.3. The summed E-state index contributed by atoms with van der Waals surface area (Å²) in [4.78, 5) is 3.99. The fourth-order valence-electron chi connectivity index (χ4n) is 1.27. The van der Waals surface area contributed by atoms with Crippen LogP contribution in [-0.4, -0.2) is 4.98 Å². The number of anilines is 1. The highest BCUT2D eigenvalue weighted by molar-refractivity contribution is 6.29. The van der Waals surface area contributed by atoms with Crippen LogP contribution in [0.25, 0.3) is 0 Å². The summed E-state index contributed by atoms with van der Waals surface area (Å²) >= 11 is 5.81. The van der Waals surface area contributed by atoms with Crippen LogP contribution in [0.4, 0.5) is 5.82 Å². The highest BCUT2D eigenvalue weighted by Crippen LogP contribution is 2.20. The lowest BCUT2D eigenvalue weighted by atomic mass is 10.0. The number of hydrogen-bond acceptors (Lipinski definition) is 2. The Balaban J connectivity index is 2.92. The molecular weight excluding hydrogens is 184 g/mol. The summed E-state index contributed by atoms with van der Waals surface area (Å²) in [7, 11) is 0. The first-order valence-electron chi connectivity index (χ1n) is 4.56. The van der Waals surface area contributed by atoms with Crippen LogP contribution < -0.4 is 5.73 Å². The Labute approximate surface area is 84.1 Å². The first-order chi connectivity index (χ1) is 6.15. The maximum Gasteiger partial charge on any atom is 0.131 e. The van der Waals surface area contributed by atoms with E-state index in [2.05, 4.69) is 11.9 Å². The van der Waals surface area contributed by atoms with E-state index in [9.17, 15) is 0 Å². The van der Waals surface area contributed by atoms with Gasteiger partial charge >= 0.3 is 0 Å². The third-order valence-corrected chi connectivity index (χ3v) is 2.38. The molecule has 0 aromatic carbocycles. The Kier molecular flexibility index (Phi) is 3.55. The minimum Gasteiger partial charge on any atom is -0.383 e. The molecule has 0 amide bonds. The first-order valence-corrected chi connectivity index (χ1v) is 4.94. The minimum absolute atomic E-state index is 0.495. The van der Waals surface area contributed by atoms with Gasteiger partial charge in [0.1, 0.15) is 11.0 Å². The highest BCUT2D eigenvalue weighted by Gasteiger charge is 2.04. The lowest BCUT2D eigenvalue weighted by Crippen LogP contribution is -1.99. The fourth-order valence-corrected chi connectivity index (χ4v) is 1.50. The summed E-state index contributed by atoms with van der Waals surface area (Å²) in [5.74, 6) is 0.554. The lowest BCUT2D eigenvalue weighted by Gasteiger charge is -2.07. The Morgan fingerprint density at radius 2 is 2.23 bits per heavy atom. The van der Waals surface area contributed by atoms with Crippen molar-refractivity contribution in [3.8, 4) is 0 Å². The van der Waals surface area contributed by atoms with Crippen LogP contribution in [0.1, 0.15) is 30.9 Å². The molecule has 1 aromatic heterocycles. The number of halogens is 1. The van der Waals surface area contributed by atoms with Gasteiger partial charge in [-0.2, -0.15) is 0 Å². The molecule has 72 valence electrons. The van der Waals surface area contributed by atoms with Crippen molar-refractivity contribution in [3.05, 3.63) is 22.3 Å². The zero-order valence-electron chi connectivity index (χ0n) is 8.10. The summed E-state index contributed by atoms with van der Waals surface area (Å²) in [6, 6.07) is 1.91. The number of unbranched alkanes of at least 4 members (excludes halogenated alkanes) is 1. The monoisotopic (exact) mass is 198 g/mol. The van der Waals surface area contributed by atoms with Gasteiger partial charge in [-0.25, -0.2) is 4.98 Å². The normalized spacial score (nSPS) is 10.4. The van der Waals surface area contributed by atoms with E-state index in [1.54, 1.807) is 0 Å². The van der Waals surface area contributed by atoms with Crippen LogP contribution in [0, 0.1) is 6.92 Å². The molecule has 0 aliphatic heterocycles. The quantitative estimate of drug-likeness (QED) is 0.759. The number of nitrogens with two attached hydrogens (primary N) is 1. The van der Waals surface area contributed by atoms with E-state index in [1.807, 2.05) is 13.0 Å². The second-order valence-corrected chi connectivity index (χ2v) is 3.61.